The van der Waals surface area contributed by atoms with Crippen molar-refractivity contribution in [3.05, 3.63) is 23.2 Å². The number of piperidine rings is 1. The van der Waals surface area contributed by atoms with Gasteiger partial charge in [-0.1, -0.05) is 11.6 Å². The van der Waals surface area contributed by atoms with E-state index in [2.05, 4.69) is 4.98 Å². The molecule has 1 aliphatic heterocycles. The van der Waals surface area contributed by atoms with Gasteiger partial charge in [-0.2, -0.15) is 0 Å². The number of carbonyl (C=O) groups is 1. The molecule has 1 atom stereocenters. The first-order valence-electron chi connectivity index (χ1n) is 7.20. The van der Waals surface area contributed by atoms with E-state index >= 15 is 0 Å². The zero-order valence-electron chi connectivity index (χ0n) is 12.9. The second-order valence-electron chi connectivity index (χ2n) is 6.25. The second-order valence-corrected chi connectivity index (χ2v) is 7.98. The highest BCUT2D eigenvalue weighted by atomic mass is 35.5. The third-order valence-corrected chi connectivity index (χ3v) is 4.60. The van der Waals surface area contributed by atoms with Gasteiger partial charge in [-0.15, -0.1) is 11.8 Å². The fourth-order valence-electron chi connectivity index (χ4n) is 2.19. The molecule has 22 heavy (non-hydrogen) atoms. The van der Waals surface area contributed by atoms with Crippen LogP contribution in [0.2, 0.25) is 5.15 Å². The lowest BCUT2D eigenvalue weighted by Gasteiger charge is -2.33. The minimum absolute atomic E-state index is 0.122. The molecular formula is C15H20ClFN2O2S. The van der Waals surface area contributed by atoms with E-state index in [1.54, 1.807) is 11.1 Å². The van der Waals surface area contributed by atoms with Crippen LogP contribution in [0.25, 0.3) is 0 Å². The zero-order valence-corrected chi connectivity index (χ0v) is 14.5. The lowest BCUT2D eigenvalue weighted by molar-refractivity contribution is 0.0220. The Bertz CT molecular complexity index is 551. The van der Waals surface area contributed by atoms with Crippen molar-refractivity contribution >= 4 is 29.5 Å². The van der Waals surface area contributed by atoms with Crippen molar-refractivity contribution in [2.45, 2.75) is 49.4 Å². The number of pyridine rings is 1. The number of ether oxygens (including phenoxy) is 1. The number of hydrogen-bond donors (Lipinski definition) is 0. The highest BCUT2D eigenvalue weighted by molar-refractivity contribution is 8.00. The summed E-state index contributed by atoms with van der Waals surface area (Å²) in [6.45, 7) is 6.83. The molecule has 1 aliphatic rings. The maximum absolute atomic E-state index is 13.4. The van der Waals surface area contributed by atoms with Crippen LogP contribution in [0.3, 0.4) is 0 Å². The third kappa shape index (κ3) is 5.02. The summed E-state index contributed by atoms with van der Waals surface area (Å²) in [5.74, 6) is -0.522. The van der Waals surface area contributed by atoms with Crippen LogP contribution in [0.4, 0.5) is 9.18 Å². The number of nitrogens with zero attached hydrogens (tertiary/aromatic N) is 2. The monoisotopic (exact) mass is 346 g/mol. The summed E-state index contributed by atoms with van der Waals surface area (Å²) in [6, 6.07) is 1.38. The summed E-state index contributed by atoms with van der Waals surface area (Å²) in [7, 11) is 0. The molecule has 1 amide bonds. The van der Waals surface area contributed by atoms with E-state index in [9.17, 15) is 9.18 Å². The standard InChI is InChI=1S/C15H20ClFN2O2S/c1-15(2,3)21-14(20)19-6-4-5-10(9-19)22-11-7-12(17)13(16)18-8-11/h7-8,10H,4-6,9H2,1-3H3/t10-/m1/s1. The summed E-state index contributed by atoms with van der Waals surface area (Å²) in [6.07, 6.45) is 3.13. The molecule has 2 rings (SSSR count). The van der Waals surface area contributed by atoms with Gasteiger partial charge in [-0.25, -0.2) is 14.2 Å². The van der Waals surface area contributed by atoms with Gasteiger partial charge in [0.1, 0.15) is 5.60 Å². The van der Waals surface area contributed by atoms with Gasteiger partial charge in [-0.3, -0.25) is 0 Å². The fraction of sp³-hybridized carbons (Fsp3) is 0.600. The number of carbonyl (C=O) groups excluding carboxylic acids is 1. The highest BCUT2D eigenvalue weighted by Gasteiger charge is 2.28. The summed E-state index contributed by atoms with van der Waals surface area (Å²) < 4.78 is 18.8. The predicted octanol–water partition coefficient (Wildman–Crippen LogP) is 4.37. The van der Waals surface area contributed by atoms with Crippen LogP contribution in [0.5, 0.6) is 0 Å². The van der Waals surface area contributed by atoms with Crippen molar-refractivity contribution in [2.75, 3.05) is 13.1 Å². The smallest absolute Gasteiger partial charge is 0.410 e. The van der Waals surface area contributed by atoms with Crippen molar-refractivity contribution in [1.82, 2.24) is 9.88 Å². The first-order valence-corrected chi connectivity index (χ1v) is 8.46. The van der Waals surface area contributed by atoms with Gasteiger partial charge < -0.3 is 9.64 Å². The minimum Gasteiger partial charge on any atom is -0.444 e. The molecule has 2 heterocycles. The molecule has 0 N–H and O–H groups in total. The molecule has 0 spiro atoms. The second kappa shape index (κ2) is 7.04. The molecule has 0 bridgehead atoms. The Morgan fingerprint density at radius 3 is 2.91 bits per heavy atom. The van der Waals surface area contributed by atoms with Crippen molar-refractivity contribution < 1.29 is 13.9 Å². The molecular weight excluding hydrogens is 327 g/mol. The van der Waals surface area contributed by atoms with Gasteiger partial charge >= 0.3 is 6.09 Å². The van der Waals surface area contributed by atoms with E-state index in [-0.39, 0.29) is 16.5 Å². The summed E-state index contributed by atoms with van der Waals surface area (Å²) in [5, 5.41) is 0.0759. The Morgan fingerprint density at radius 2 is 2.27 bits per heavy atom. The Labute approximate surface area is 139 Å². The molecule has 0 radical (unpaired) electrons. The van der Waals surface area contributed by atoms with E-state index in [0.29, 0.717) is 13.1 Å². The van der Waals surface area contributed by atoms with Crippen LogP contribution < -0.4 is 0 Å². The normalized spacial score (nSPS) is 19.1. The average molecular weight is 347 g/mol. The molecule has 1 fully saturated rings. The van der Waals surface area contributed by atoms with E-state index in [1.165, 1.54) is 17.8 Å². The van der Waals surface area contributed by atoms with Crippen molar-refractivity contribution in [2.24, 2.45) is 0 Å². The van der Waals surface area contributed by atoms with E-state index in [0.717, 1.165) is 17.7 Å². The van der Waals surface area contributed by atoms with Gasteiger partial charge in [-0.05, 0) is 39.7 Å². The minimum atomic E-state index is -0.522. The molecule has 1 aromatic heterocycles. The number of rotatable bonds is 2. The van der Waals surface area contributed by atoms with Crippen LogP contribution in [0, 0.1) is 5.82 Å². The quantitative estimate of drug-likeness (QED) is 0.746. The number of halogens is 2. The van der Waals surface area contributed by atoms with Crippen LogP contribution >= 0.6 is 23.4 Å². The zero-order chi connectivity index (χ0) is 16.3. The maximum Gasteiger partial charge on any atom is 0.410 e. The van der Waals surface area contributed by atoms with Crippen LogP contribution in [-0.2, 0) is 4.74 Å². The van der Waals surface area contributed by atoms with Crippen molar-refractivity contribution in [3.63, 3.8) is 0 Å². The molecule has 0 unspecified atom stereocenters. The number of amides is 1. The Kier molecular flexibility index (Phi) is 5.55. The first-order chi connectivity index (χ1) is 10.2. The van der Waals surface area contributed by atoms with Gasteiger partial charge in [0.05, 0.1) is 0 Å². The maximum atomic E-state index is 13.4. The lowest BCUT2D eigenvalue weighted by atomic mass is 10.1. The number of likely N-dealkylation sites (tertiary alicyclic amines) is 1. The molecule has 1 saturated heterocycles. The highest BCUT2D eigenvalue weighted by Crippen LogP contribution is 2.31. The van der Waals surface area contributed by atoms with Crippen molar-refractivity contribution in [1.29, 1.82) is 0 Å². The van der Waals surface area contributed by atoms with Crippen LogP contribution in [0.1, 0.15) is 33.6 Å². The van der Waals surface area contributed by atoms with Gasteiger partial charge in [0.15, 0.2) is 11.0 Å². The van der Waals surface area contributed by atoms with E-state index in [1.807, 2.05) is 20.8 Å². The van der Waals surface area contributed by atoms with Gasteiger partial charge in [0.25, 0.3) is 0 Å². The van der Waals surface area contributed by atoms with E-state index < -0.39 is 11.4 Å². The topological polar surface area (TPSA) is 42.4 Å². The summed E-state index contributed by atoms with van der Waals surface area (Å²) in [5.41, 5.74) is -0.500. The first kappa shape index (κ1) is 17.3. The largest absolute Gasteiger partial charge is 0.444 e. The van der Waals surface area contributed by atoms with Gasteiger partial charge in [0.2, 0.25) is 0 Å². The molecule has 0 aromatic carbocycles. The molecule has 7 heteroatoms. The lowest BCUT2D eigenvalue weighted by Crippen LogP contribution is -2.43. The molecule has 0 saturated carbocycles. The van der Waals surface area contributed by atoms with Crippen molar-refractivity contribution in [3.8, 4) is 0 Å². The third-order valence-electron chi connectivity index (χ3n) is 3.10. The van der Waals surface area contributed by atoms with Gasteiger partial charge in [0, 0.05) is 29.4 Å². The Morgan fingerprint density at radius 1 is 1.55 bits per heavy atom. The van der Waals surface area contributed by atoms with Crippen LogP contribution in [-0.4, -0.2) is 39.9 Å². The van der Waals surface area contributed by atoms with E-state index in [4.69, 9.17) is 16.3 Å². The predicted molar refractivity (Wildman–Crippen MR) is 85.9 cm³/mol. The molecule has 0 aliphatic carbocycles. The Balaban J connectivity index is 1.95. The molecule has 122 valence electrons. The average Bonchev–Trinajstić information content (AvgIpc) is 2.41. The fourth-order valence-corrected chi connectivity index (χ4v) is 3.50. The number of thioether (sulfide) groups is 1. The SMILES string of the molecule is CC(C)(C)OC(=O)N1CCC[C@@H](Sc2cnc(Cl)c(F)c2)C1. The molecule has 1 aromatic rings. The Hall–Kier alpha value is -1.01. The molecule has 4 nitrogen and oxygen atoms in total. The van der Waals surface area contributed by atoms with Crippen LogP contribution in [0.15, 0.2) is 17.2 Å². The summed E-state index contributed by atoms with van der Waals surface area (Å²) >= 11 is 7.10. The summed E-state index contributed by atoms with van der Waals surface area (Å²) in [4.78, 5) is 18.4. The number of hydrogen-bond acceptors (Lipinski definition) is 4. The number of aromatic nitrogens is 1.